The number of carbonyl (C=O) groups excluding carboxylic acids is 1. The molecule has 1 saturated heterocycles. The maximum atomic E-state index is 12.3. The van der Waals surface area contributed by atoms with Gasteiger partial charge in [0, 0.05) is 18.8 Å². The molecule has 1 unspecified atom stereocenters. The second kappa shape index (κ2) is 7.62. The minimum absolute atomic E-state index is 0. The number of anilines is 1. The summed E-state index contributed by atoms with van der Waals surface area (Å²) in [4.78, 5) is 12.3. The fraction of sp³-hybridized carbons (Fsp3) is 0.533. The van der Waals surface area contributed by atoms with Crippen molar-refractivity contribution >= 4 is 24.0 Å². The third-order valence-electron chi connectivity index (χ3n) is 3.76. The summed E-state index contributed by atoms with van der Waals surface area (Å²) in [6.07, 6.45) is 2.61. The number of aliphatic hydroxyl groups is 1. The van der Waals surface area contributed by atoms with E-state index in [-0.39, 0.29) is 30.3 Å². The molecule has 1 aromatic carbocycles. The van der Waals surface area contributed by atoms with E-state index in [2.05, 4.69) is 10.6 Å². The normalized spacial score (nSPS) is 21.9. The van der Waals surface area contributed by atoms with Gasteiger partial charge in [0.2, 0.25) is 5.91 Å². The van der Waals surface area contributed by atoms with Crippen LogP contribution < -0.4 is 10.6 Å². The van der Waals surface area contributed by atoms with Gasteiger partial charge < -0.3 is 15.7 Å². The van der Waals surface area contributed by atoms with E-state index >= 15 is 0 Å². The Hall–Kier alpha value is -1.10. The first-order chi connectivity index (χ1) is 9.14. The zero-order chi connectivity index (χ0) is 13.7. The number of halogens is 1. The monoisotopic (exact) mass is 298 g/mol. The molecule has 2 rings (SSSR count). The van der Waals surface area contributed by atoms with Crippen LogP contribution in [0.2, 0.25) is 0 Å². The molecule has 0 spiro atoms. The smallest absolute Gasteiger partial charge is 0.231 e. The standard InChI is InChI=1S/C15H22N2O2.ClH/c1-15(8-2-9-16-11-15)14(19)17-13-5-3-12(4-6-13)7-10-18;/h3-6,16,18H,2,7-11H2,1H3,(H,17,19);1H. The quantitative estimate of drug-likeness (QED) is 0.796. The van der Waals surface area contributed by atoms with E-state index < -0.39 is 0 Å². The van der Waals surface area contributed by atoms with Crippen molar-refractivity contribution < 1.29 is 9.90 Å². The van der Waals surface area contributed by atoms with Gasteiger partial charge in [0.25, 0.3) is 0 Å². The van der Waals surface area contributed by atoms with Crippen molar-refractivity contribution in [3.05, 3.63) is 29.8 Å². The SMILES string of the molecule is CC1(C(=O)Nc2ccc(CCO)cc2)CCCNC1.Cl. The van der Waals surface area contributed by atoms with Crippen LogP contribution in [0.15, 0.2) is 24.3 Å². The lowest BCUT2D eigenvalue weighted by molar-refractivity contribution is -0.125. The zero-order valence-electron chi connectivity index (χ0n) is 11.8. The largest absolute Gasteiger partial charge is 0.396 e. The molecule has 1 fully saturated rings. The minimum atomic E-state index is -0.317. The Labute approximate surface area is 126 Å². The number of hydrogen-bond donors (Lipinski definition) is 3. The van der Waals surface area contributed by atoms with E-state index in [1.807, 2.05) is 31.2 Å². The van der Waals surface area contributed by atoms with E-state index in [1.165, 1.54) is 0 Å². The van der Waals surface area contributed by atoms with Crippen LogP contribution in [0.25, 0.3) is 0 Å². The van der Waals surface area contributed by atoms with Crippen LogP contribution in [-0.2, 0) is 11.2 Å². The van der Waals surface area contributed by atoms with Gasteiger partial charge in [0.1, 0.15) is 0 Å². The van der Waals surface area contributed by atoms with Gasteiger partial charge in [-0.2, -0.15) is 0 Å². The second-order valence-electron chi connectivity index (χ2n) is 5.47. The van der Waals surface area contributed by atoms with Crippen LogP contribution >= 0.6 is 12.4 Å². The van der Waals surface area contributed by atoms with Gasteiger partial charge in [-0.3, -0.25) is 4.79 Å². The number of carbonyl (C=O) groups is 1. The molecule has 4 nitrogen and oxygen atoms in total. The van der Waals surface area contributed by atoms with E-state index in [1.54, 1.807) is 0 Å². The molecule has 1 amide bonds. The maximum Gasteiger partial charge on any atom is 0.231 e. The predicted molar refractivity (Wildman–Crippen MR) is 83.3 cm³/mol. The van der Waals surface area contributed by atoms with Gasteiger partial charge in [-0.15, -0.1) is 12.4 Å². The molecular formula is C15H23ClN2O2. The van der Waals surface area contributed by atoms with Crippen LogP contribution in [0.5, 0.6) is 0 Å². The van der Waals surface area contributed by atoms with E-state index in [9.17, 15) is 4.79 Å². The number of hydrogen-bond acceptors (Lipinski definition) is 3. The molecule has 0 aliphatic carbocycles. The predicted octanol–water partition coefficient (Wildman–Crippen LogP) is 1.97. The van der Waals surface area contributed by atoms with Crippen LogP contribution in [0.3, 0.4) is 0 Å². The van der Waals surface area contributed by atoms with E-state index in [0.717, 1.165) is 37.2 Å². The van der Waals surface area contributed by atoms with Crippen molar-refractivity contribution in [3.63, 3.8) is 0 Å². The van der Waals surface area contributed by atoms with Gasteiger partial charge in [0.15, 0.2) is 0 Å². The molecule has 1 heterocycles. The number of piperidine rings is 1. The molecule has 112 valence electrons. The maximum absolute atomic E-state index is 12.3. The fourth-order valence-corrected chi connectivity index (χ4v) is 2.42. The Bertz CT molecular complexity index is 428. The molecule has 0 radical (unpaired) electrons. The summed E-state index contributed by atoms with van der Waals surface area (Å²) >= 11 is 0. The van der Waals surface area contributed by atoms with Gasteiger partial charge in [0.05, 0.1) is 5.41 Å². The van der Waals surface area contributed by atoms with Gasteiger partial charge in [-0.05, 0) is 50.4 Å². The Morgan fingerprint density at radius 2 is 2.10 bits per heavy atom. The van der Waals surface area contributed by atoms with Crippen molar-refractivity contribution in [1.29, 1.82) is 0 Å². The third kappa shape index (κ3) is 4.20. The highest BCUT2D eigenvalue weighted by Gasteiger charge is 2.34. The molecule has 3 N–H and O–H groups in total. The van der Waals surface area contributed by atoms with E-state index in [4.69, 9.17) is 5.11 Å². The first kappa shape index (κ1) is 17.0. The molecule has 1 atom stereocenters. The van der Waals surface area contributed by atoms with Gasteiger partial charge in [-0.25, -0.2) is 0 Å². The lowest BCUT2D eigenvalue weighted by Gasteiger charge is -2.32. The summed E-state index contributed by atoms with van der Waals surface area (Å²) in [7, 11) is 0. The molecule has 1 aliphatic rings. The second-order valence-corrected chi connectivity index (χ2v) is 5.47. The molecule has 0 saturated carbocycles. The number of rotatable bonds is 4. The summed E-state index contributed by atoms with van der Waals surface area (Å²) in [6.45, 7) is 3.89. The number of nitrogens with one attached hydrogen (secondary N) is 2. The zero-order valence-corrected chi connectivity index (χ0v) is 12.6. The van der Waals surface area contributed by atoms with Crippen LogP contribution in [0, 0.1) is 5.41 Å². The summed E-state index contributed by atoms with van der Waals surface area (Å²) in [5, 5.41) is 15.1. The van der Waals surface area contributed by atoms with Crippen molar-refractivity contribution in [2.75, 3.05) is 25.0 Å². The molecule has 0 bridgehead atoms. The minimum Gasteiger partial charge on any atom is -0.396 e. The average Bonchev–Trinajstić information content (AvgIpc) is 2.42. The lowest BCUT2D eigenvalue weighted by atomic mass is 9.82. The van der Waals surface area contributed by atoms with Crippen molar-refractivity contribution in [2.24, 2.45) is 5.41 Å². The average molecular weight is 299 g/mol. The van der Waals surface area contributed by atoms with Gasteiger partial charge in [-0.1, -0.05) is 12.1 Å². The van der Waals surface area contributed by atoms with Crippen molar-refractivity contribution in [3.8, 4) is 0 Å². The van der Waals surface area contributed by atoms with E-state index in [0.29, 0.717) is 6.42 Å². The Kier molecular flexibility index (Phi) is 6.46. The summed E-state index contributed by atoms with van der Waals surface area (Å²) in [5.74, 6) is 0.0783. The number of amides is 1. The first-order valence-electron chi connectivity index (χ1n) is 6.86. The highest BCUT2D eigenvalue weighted by atomic mass is 35.5. The molecule has 20 heavy (non-hydrogen) atoms. The third-order valence-corrected chi connectivity index (χ3v) is 3.76. The highest BCUT2D eigenvalue weighted by molar-refractivity contribution is 5.95. The fourth-order valence-electron chi connectivity index (χ4n) is 2.42. The number of benzene rings is 1. The summed E-state index contributed by atoms with van der Waals surface area (Å²) in [5.41, 5.74) is 1.58. The van der Waals surface area contributed by atoms with Crippen molar-refractivity contribution in [2.45, 2.75) is 26.2 Å². The highest BCUT2D eigenvalue weighted by Crippen LogP contribution is 2.27. The summed E-state index contributed by atoms with van der Waals surface area (Å²) < 4.78 is 0. The Balaban J connectivity index is 0.00000200. The lowest BCUT2D eigenvalue weighted by Crippen LogP contribution is -2.46. The van der Waals surface area contributed by atoms with Crippen LogP contribution in [0.4, 0.5) is 5.69 Å². The van der Waals surface area contributed by atoms with Gasteiger partial charge >= 0.3 is 0 Å². The topological polar surface area (TPSA) is 61.4 Å². The first-order valence-corrected chi connectivity index (χ1v) is 6.86. The molecule has 5 heteroatoms. The van der Waals surface area contributed by atoms with Crippen LogP contribution in [-0.4, -0.2) is 30.7 Å². The molecule has 1 aromatic rings. The molecule has 0 aromatic heterocycles. The van der Waals surface area contributed by atoms with Crippen LogP contribution in [0.1, 0.15) is 25.3 Å². The summed E-state index contributed by atoms with van der Waals surface area (Å²) in [6, 6.07) is 7.66. The molecular weight excluding hydrogens is 276 g/mol. The number of aliphatic hydroxyl groups excluding tert-OH is 1. The Morgan fingerprint density at radius 1 is 1.40 bits per heavy atom. The van der Waals surface area contributed by atoms with Crippen molar-refractivity contribution in [1.82, 2.24) is 5.32 Å². The molecule has 1 aliphatic heterocycles. The Morgan fingerprint density at radius 3 is 2.65 bits per heavy atom.